The number of hydrogen-bond donors (Lipinski definition) is 1. The van der Waals surface area contributed by atoms with Crippen molar-refractivity contribution in [2.75, 3.05) is 32.7 Å². The van der Waals surface area contributed by atoms with E-state index in [2.05, 4.69) is 6.58 Å². The van der Waals surface area contributed by atoms with Crippen molar-refractivity contribution in [3.8, 4) is 0 Å². The topological polar surface area (TPSA) is 64.9 Å². The maximum absolute atomic E-state index is 11.6. The van der Waals surface area contributed by atoms with Crippen molar-refractivity contribution in [2.24, 2.45) is 0 Å². The molecule has 0 atom stereocenters. The summed E-state index contributed by atoms with van der Waals surface area (Å²) in [6.07, 6.45) is 1.75. The van der Waals surface area contributed by atoms with Crippen LogP contribution in [-0.2, 0) is 9.59 Å². The molecule has 0 unspecified atom stereocenters. The Morgan fingerprint density at radius 3 is 2.44 bits per heavy atom. The number of carbonyl (C=O) groups excluding carboxylic acids is 2. The summed E-state index contributed by atoms with van der Waals surface area (Å²) in [6.45, 7) is 7.82. The van der Waals surface area contributed by atoms with Gasteiger partial charge in [0.25, 0.3) is 0 Å². The minimum absolute atomic E-state index is 0.0547. The molecule has 1 rings (SSSR count). The van der Waals surface area contributed by atoms with Crippen molar-refractivity contribution in [2.45, 2.75) is 12.8 Å². The fraction of sp³-hybridized carbons (Fsp3) is 0.636. The zero-order valence-corrected chi connectivity index (χ0v) is 9.41. The van der Waals surface area contributed by atoms with Crippen LogP contribution in [0.15, 0.2) is 12.7 Å². The summed E-state index contributed by atoms with van der Waals surface area (Å²) in [5.41, 5.74) is 0. The molecule has 5 nitrogen and oxygen atoms in total. The normalized spacial score (nSPS) is 17.1. The molecule has 1 N–H and O–H groups in total. The van der Waals surface area contributed by atoms with Crippen LogP contribution in [0.4, 0.5) is 0 Å². The second kappa shape index (κ2) is 6.27. The Labute approximate surface area is 95.3 Å². The molecule has 5 heteroatoms. The molecule has 0 bridgehead atoms. The van der Waals surface area contributed by atoms with Gasteiger partial charge < -0.3 is 19.7 Å². The van der Waals surface area contributed by atoms with Gasteiger partial charge in [-0.3, -0.25) is 4.79 Å². The summed E-state index contributed by atoms with van der Waals surface area (Å²) in [5, 5.41) is 10.2. The molecule has 0 aromatic rings. The number of nitrogens with one attached hydrogen (secondary N) is 1. The number of nitrogens with zero attached hydrogens (tertiary/aromatic N) is 1. The van der Waals surface area contributed by atoms with Gasteiger partial charge in [-0.25, -0.2) is 0 Å². The van der Waals surface area contributed by atoms with Gasteiger partial charge in [0.05, 0.1) is 32.7 Å². The second-order valence-electron chi connectivity index (χ2n) is 4.00. The first kappa shape index (κ1) is 12.7. The van der Waals surface area contributed by atoms with Crippen LogP contribution >= 0.6 is 0 Å². The number of carboxylic acids is 1. The molecule has 1 aliphatic rings. The van der Waals surface area contributed by atoms with Gasteiger partial charge in [0.15, 0.2) is 0 Å². The Morgan fingerprint density at radius 2 is 1.94 bits per heavy atom. The van der Waals surface area contributed by atoms with Gasteiger partial charge in [-0.15, -0.1) is 0 Å². The van der Waals surface area contributed by atoms with E-state index in [1.807, 2.05) is 6.08 Å². The largest absolute Gasteiger partial charge is 0.550 e. The molecular formula is C11H18N2O3. The molecule has 0 saturated carbocycles. The van der Waals surface area contributed by atoms with E-state index in [9.17, 15) is 14.7 Å². The minimum atomic E-state index is -1.16. The number of quaternary nitrogens is 1. The van der Waals surface area contributed by atoms with Crippen LogP contribution in [0.25, 0.3) is 0 Å². The number of rotatable bonds is 5. The van der Waals surface area contributed by atoms with Gasteiger partial charge in [0, 0.05) is 12.4 Å². The highest BCUT2D eigenvalue weighted by atomic mass is 16.4. The fourth-order valence-electron chi connectivity index (χ4n) is 1.85. The highest BCUT2D eigenvalue weighted by Gasteiger charge is 2.22. The van der Waals surface area contributed by atoms with E-state index < -0.39 is 5.97 Å². The predicted octanol–water partition coefficient (Wildman–Crippen LogP) is -2.57. The van der Waals surface area contributed by atoms with Crippen molar-refractivity contribution >= 4 is 11.9 Å². The first-order chi connectivity index (χ1) is 7.63. The highest BCUT2D eigenvalue weighted by Crippen LogP contribution is 1.97. The first-order valence-corrected chi connectivity index (χ1v) is 5.55. The van der Waals surface area contributed by atoms with Crippen LogP contribution in [-0.4, -0.2) is 49.5 Å². The second-order valence-corrected chi connectivity index (χ2v) is 4.00. The van der Waals surface area contributed by atoms with E-state index in [-0.39, 0.29) is 18.7 Å². The summed E-state index contributed by atoms with van der Waals surface area (Å²) in [5.74, 6) is -1.24. The van der Waals surface area contributed by atoms with Gasteiger partial charge in [-0.05, 0) is 12.5 Å². The Balaban J connectivity index is 2.27. The average molecular weight is 226 g/mol. The van der Waals surface area contributed by atoms with Crippen LogP contribution < -0.4 is 10.0 Å². The molecule has 1 fully saturated rings. The number of carbonyl (C=O) groups is 2. The van der Waals surface area contributed by atoms with Gasteiger partial charge in [0.2, 0.25) is 5.91 Å². The Bertz CT molecular complexity index is 270. The summed E-state index contributed by atoms with van der Waals surface area (Å²) >= 11 is 0. The molecule has 1 saturated heterocycles. The fourth-order valence-corrected chi connectivity index (χ4v) is 1.85. The first-order valence-electron chi connectivity index (χ1n) is 5.55. The quantitative estimate of drug-likeness (QED) is 0.524. The Kier molecular flexibility index (Phi) is 4.98. The van der Waals surface area contributed by atoms with Crippen molar-refractivity contribution in [3.63, 3.8) is 0 Å². The average Bonchev–Trinajstić information content (AvgIpc) is 2.27. The molecule has 16 heavy (non-hydrogen) atoms. The van der Waals surface area contributed by atoms with Crippen LogP contribution in [0.3, 0.4) is 0 Å². The van der Waals surface area contributed by atoms with E-state index in [1.165, 1.54) is 4.90 Å². The number of amides is 1. The monoisotopic (exact) mass is 226 g/mol. The highest BCUT2D eigenvalue weighted by molar-refractivity contribution is 5.80. The molecule has 0 aliphatic carbocycles. The number of carboxylic acid groups (broad SMARTS) is 1. The van der Waals surface area contributed by atoms with Gasteiger partial charge in [-0.1, -0.05) is 6.58 Å². The van der Waals surface area contributed by atoms with Crippen LogP contribution in [0.5, 0.6) is 0 Å². The zero-order valence-electron chi connectivity index (χ0n) is 9.41. The maximum atomic E-state index is 11.6. The molecule has 0 aromatic heterocycles. The minimum Gasteiger partial charge on any atom is -0.550 e. The van der Waals surface area contributed by atoms with Gasteiger partial charge in [-0.2, -0.15) is 0 Å². The molecule has 1 aliphatic heterocycles. The summed E-state index contributed by atoms with van der Waals surface area (Å²) in [4.78, 5) is 24.9. The summed E-state index contributed by atoms with van der Waals surface area (Å²) < 4.78 is 0. The number of aliphatic carboxylic acids is 1. The lowest BCUT2D eigenvalue weighted by Crippen LogP contribution is -3.14. The third-order valence-electron chi connectivity index (χ3n) is 2.80. The van der Waals surface area contributed by atoms with Crippen LogP contribution in [0.1, 0.15) is 12.8 Å². The van der Waals surface area contributed by atoms with E-state index in [0.717, 1.165) is 19.6 Å². The van der Waals surface area contributed by atoms with E-state index >= 15 is 0 Å². The molecule has 0 spiro atoms. The molecule has 0 aromatic carbocycles. The number of hydrogen-bond acceptors (Lipinski definition) is 3. The predicted molar refractivity (Wildman–Crippen MR) is 56.6 cm³/mol. The van der Waals surface area contributed by atoms with Crippen molar-refractivity contribution in [3.05, 3.63) is 12.7 Å². The van der Waals surface area contributed by atoms with Crippen LogP contribution in [0.2, 0.25) is 0 Å². The lowest BCUT2D eigenvalue weighted by Gasteiger charge is -2.31. The SMILES string of the molecule is C=CC[NH+]1CCN(C(=O)CCC(=O)[O-])CC1. The summed E-state index contributed by atoms with van der Waals surface area (Å²) in [7, 11) is 0. The zero-order chi connectivity index (χ0) is 12.0. The van der Waals surface area contributed by atoms with Gasteiger partial charge >= 0.3 is 0 Å². The van der Waals surface area contributed by atoms with E-state index in [0.29, 0.717) is 13.1 Å². The summed E-state index contributed by atoms with van der Waals surface area (Å²) in [6, 6.07) is 0. The smallest absolute Gasteiger partial charge is 0.223 e. The maximum Gasteiger partial charge on any atom is 0.223 e. The lowest BCUT2D eigenvalue weighted by atomic mass is 10.2. The Hall–Kier alpha value is -1.36. The molecule has 90 valence electrons. The molecular weight excluding hydrogens is 208 g/mol. The third kappa shape index (κ3) is 4.02. The standard InChI is InChI=1S/C11H18N2O3/c1-2-5-12-6-8-13(9-7-12)10(14)3-4-11(15)16/h2H,1,3-9H2,(H,15,16). The van der Waals surface area contributed by atoms with Gasteiger partial charge in [0.1, 0.15) is 0 Å². The Morgan fingerprint density at radius 1 is 1.31 bits per heavy atom. The van der Waals surface area contributed by atoms with E-state index in [1.54, 1.807) is 4.90 Å². The van der Waals surface area contributed by atoms with Crippen molar-refractivity contribution in [1.29, 1.82) is 0 Å². The molecule has 1 amide bonds. The lowest BCUT2D eigenvalue weighted by molar-refractivity contribution is -0.898. The number of piperazine rings is 1. The van der Waals surface area contributed by atoms with Crippen molar-refractivity contribution in [1.82, 2.24) is 4.90 Å². The third-order valence-corrected chi connectivity index (χ3v) is 2.80. The molecule has 0 radical (unpaired) electrons. The van der Waals surface area contributed by atoms with Crippen LogP contribution in [0, 0.1) is 0 Å². The molecule has 1 heterocycles. The van der Waals surface area contributed by atoms with Crippen molar-refractivity contribution < 1.29 is 19.6 Å². The van der Waals surface area contributed by atoms with E-state index in [4.69, 9.17) is 0 Å².